The monoisotopic (exact) mass is 217 g/mol. The molecule has 84 valence electrons. The number of benzene rings is 1. The van der Waals surface area contributed by atoms with Gasteiger partial charge < -0.3 is 9.30 Å². The summed E-state index contributed by atoms with van der Waals surface area (Å²) in [5.74, 6) is -0.173. The molecule has 2 rings (SSSR count). The Bertz CT molecular complexity index is 514. The van der Waals surface area contributed by atoms with Crippen LogP contribution in [0.5, 0.6) is 0 Å². The zero-order valence-electron chi connectivity index (χ0n) is 9.56. The summed E-state index contributed by atoms with van der Waals surface area (Å²) in [7, 11) is 1.97. The fourth-order valence-corrected chi connectivity index (χ4v) is 1.88. The van der Waals surface area contributed by atoms with Gasteiger partial charge in [-0.2, -0.15) is 0 Å². The molecule has 2 aromatic rings. The molecule has 0 fully saturated rings. The van der Waals surface area contributed by atoms with E-state index in [9.17, 15) is 4.79 Å². The second kappa shape index (κ2) is 4.39. The Kier molecular flexibility index (Phi) is 2.95. The summed E-state index contributed by atoms with van der Waals surface area (Å²) in [6, 6.07) is 10.1. The highest BCUT2D eigenvalue weighted by Crippen LogP contribution is 2.18. The number of esters is 1. The van der Waals surface area contributed by atoms with Gasteiger partial charge in [0.1, 0.15) is 0 Å². The van der Waals surface area contributed by atoms with Crippen molar-refractivity contribution in [3.63, 3.8) is 0 Å². The average Bonchev–Trinajstić information content (AvgIpc) is 2.57. The summed E-state index contributed by atoms with van der Waals surface area (Å²) in [6.45, 7) is 2.25. The molecule has 0 aliphatic carbocycles. The standard InChI is InChI=1S/C13H15NO2/c1-3-16-13(15)9-11-8-10-6-4-5-7-12(10)14(11)2/h4-8H,3,9H2,1-2H3. The lowest BCUT2D eigenvalue weighted by Crippen LogP contribution is -2.10. The number of para-hydroxylation sites is 1. The maximum absolute atomic E-state index is 11.4. The average molecular weight is 217 g/mol. The SMILES string of the molecule is CCOC(=O)Cc1cc2ccccc2n1C. The molecule has 0 saturated heterocycles. The van der Waals surface area contributed by atoms with Gasteiger partial charge in [-0.15, -0.1) is 0 Å². The predicted molar refractivity (Wildman–Crippen MR) is 63.3 cm³/mol. The van der Waals surface area contributed by atoms with Gasteiger partial charge in [-0.25, -0.2) is 0 Å². The Morgan fingerprint density at radius 3 is 2.81 bits per heavy atom. The molecule has 3 nitrogen and oxygen atoms in total. The third-order valence-corrected chi connectivity index (χ3v) is 2.68. The van der Waals surface area contributed by atoms with Gasteiger partial charge in [0.2, 0.25) is 0 Å². The van der Waals surface area contributed by atoms with E-state index >= 15 is 0 Å². The number of carbonyl (C=O) groups excluding carboxylic acids is 1. The molecule has 0 radical (unpaired) electrons. The van der Waals surface area contributed by atoms with Gasteiger partial charge in [-0.05, 0) is 24.4 Å². The molecule has 0 spiro atoms. The lowest BCUT2D eigenvalue weighted by atomic mass is 10.2. The molecule has 0 saturated carbocycles. The van der Waals surface area contributed by atoms with Crippen LogP contribution in [0.1, 0.15) is 12.6 Å². The van der Waals surface area contributed by atoms with Crippen LogP contribution in [0.2, 0.25) is 0 Å². The van der Waals surface area contributed by atoms with Crippen molar-refractivity contribution in [1.82, 2.24) is 4.57 Å². The molecule has 0 N–H and O–H groups in total. The number of aryl methyl sites for hydroxylation is 1. The van der Waals surface area contributed by atoms with Crippen molar-refractivity contribution in [3.05, 3.63) is 36.0 Å². The molecule has 0 atom stereocenters. The second-order valence-corrected chi connectivity index (χ2v) is 3.74. The first-order valence-electron chi connectivity index (χ1n) is 5.41. The van der Waals surface area contributed by atoms with Crippen LogP contribution < -0.4 is 0 Å². The Labute approximate surface area is 94.6 Å². The fourth-order valence-electron chi connectivity index (χ4n) is 1.88. The van der Waals surface area contributed by atoms with Crippen LogP contribution in [0.3, 0.4) is 0 Å². The Morgan fingerprint density at radius 1 is 1.38 bits per heavy atom. The Hall–Kier alpha value is -1.77. The van der Waals surface area contributed by atoms with Crippen LogP contribution in [0, 0.1) is 0 Å². The highest BCUT2D eigenvalue weighted by atomic mass is 16.5. The van der Waals surface area contributed by atoms with Crippen molar-refractivity contribution in [1.29, 1.82) is 0 Å². The summed E-state index contributed by atoms with van der Waals surface area (Å²) in [5, 5.41) is 1.16. The minimum atomic E-state index is -0.173. The molecule has 3 heteroatoms. The van der Waals surface area contributed by atoms with Gasteiger partial charge in [0, 0.05) is 18.3 Å². The zero-order valence-corrected chi connectivity index (χ0v) is 9.56. The second-order valence-electron chi connectivity index (χ2n) is 3.74. The van der Waals surface area contributed by atoms with E-state index in [1.165, 1.54) is 0 Å². The van der Waals surface area contributed by atoms with Crippen molar-refractivity contribution < 1.29 is 9.53 Å². The number of carbonyl (C=O) groups is 1. The molecule has 1 aromatic heterocycles. The molecular formula is C13H15NO2. The van der Waals surface area contributed by atoms with E-state index in [1.807, 2.05) is 48.9 Å². The molecule has 0 aliphatic rings. The lowest BCUT2D eigenvalue weighted by Gasteiger charge is -2.03. The summed E-state index contributed by atoms with van der Waals surface area (Å²) < 4.78 is 6.98. The van der Waals surface area contributed by atoms with Gasteiger partial charge in [-0.3, -0.25) is 4.79 Å². The van der Waals surface area contributed by atoms with Gasteiger partial charge in [0.05, 0.1) is 13.0 Å². The van der Waals surface area contributed by atoms with Gasteiger partial charge in [-0.1, -0.05) is 18.2 Å². The largest absolute Gasteiger partial charge is 0.466 e. The van der Waals surface area contributed by atoms with Crippen molar-refractivity contribution in [2.45, 2.75) is 13.3 Å². The normalized spacial score (nSPS) is 10.6. The van der Waals surface area contributed by atoms with E-state index in [2.05, 4.69) is 0 Å². The third-order valence-electron chi connectivity index (χ3n) is 2.68. The number of nitrogens with zero attached hydrogens (tertiary/aromatic N) is 1. The highest BCUT2D eigenvalue weighted by molar-refractivity contribution is 5.83. The van der Waals surface area contributed by atoms with E-state index in [1.54, 1.807) is 0 Å². The van der Waals surface area contributed by atoms with Crippen molar-refractivity contribution in [2.24, 2.45) is 7.05 Å². The van der Waals surface area contributed by atoms with Crippen molar-refractivity contribution in [3.8, 4) is 0 Å². The molecule has 1 aromatic carbocycles. The van der Waals surface area contributed by atoms with Crippen molar-refractivity contribution in [2.75, 3.05) is 6.61 Å². The molecule has 0 amide bonds. The van der Waals surface area contributed by atoms with Crippen LogP contribution in [-0.2, 0) is 23.0 Å². The minimum Gasteiger partial charge on any atom is -0.466 e. The zero-order chi connectivity index (χ0) is 11.5. The third kappa shape index (κ3) is 1.94. The number of hydrogen-bond donors (Lipinski definition) is 0. The number of rotatable bonds is 3. The number of ether oxygens (including phenoxy) is 1. The number of hydrogen-bond acceptors (Lipinski definition) is 2. The van der Waals surface area contributed by atoms with E-state index in [0.717, 1.165) is 16.6 Å². The van der Waals surface area contributed by atoms with Gasteiger partial charge >= 0.3 is 5.97 Å². The first-order valence-corrected chi connectivity index (χ1v) is 5.41. The molecule has 0 unspecified atom stereocenters. The molecule has 0 aliphatic heterocycles. The van der Waals surface area contributed by atoms with Gasteiger partial charge in [0.15, 0.2) is 0 Å². The smallest absolute Gasteiger partial charge is 0.311 e. The Balaban J connectivity index is 2.31. The van der Waals surface area contributed by atoms with Crippen LogP contribution in [0.15, 0.2) is 30.3 Å². The van der Waals surface area contributed by atoms with Crippen LogP contribution in [-0.4, -0.2) is 17.1 Å². The fraction of sp³-hybridized carbons (Fsp3) is 0.308. The summed E-state index contributed by atoms with van der Waals surface area (Å²) in [6.07, 6.45) is 0.332. The lowest BCUT2D eigenvalue weighted by molar-refractivity contribution is -0.142. The minimum absolute atomic E-state index is 0.173. The Morgan fingerprint density at radius 2 is 2.12 bits per heavy atom. The predicted octanol–water partition coefficient (Wildman–Crippen LogP) is 2.28. The van der Waals surface area contributed by atoms with Crippen LogP contribution in [0.25, 0.3) is 10.9 Å². The maximum Gasteiger partial charge on any atom is 0.311 e. The van der Waals surface area contributed by atoms with Crippen LogP contribution in [0.4, 0.5) is 0 Å². The van der Waals surface area contributed by atoms with E-state index in [4.69, 9.17) is 4.74 Å². The first-order chi connectivity index (χ1) is 7.72. The molecule has 0 bridgehead atoms. The number of fused-ring (bicyclic) bond motifs is 1. The van der Waals surface area contributed by atoms with E-state index < -0.39 is 0 Å². The van der Waals surface area contributed by atoms with E-state index in [0.29, 0.717) is 13.0 Å². The highest BCUT2D eigenvalue weighted by Gasteiger charge is 2.09. The first kappa shape index (κ1) is 10.7. The van der Waals surface area contributed by atoms with Gasteiger partial charge in [0.25, 0.3) is 0 Å². The maximum atomic E-state index is 11.4. The summed E-state index contributed by atoms with van der Waals surface area (Å²) in [4.78, 5) is 11.4. The molecule has 1 heterocycles. The van der Waals surface area contributed by atoms with Crippen molar-refractivity contribution >= 4 is 16.9 Å². The van der Waals surface area contributed by atoms with Crippen LogP contribution >= 0.6 is 0 Å². The quantitative estimate of drug-likeness (QED) is 0.738. The summed E-state index contributed by atoms with van der Waals surface area (Å²) >= 11 is 0. The van der Waals surface area contributed by atoms with E-state index in [-0.39, 0.29) is 5.97 Å². The summed E-state index contributed by atoms with van der Waals surface area (Å²) in [5.41, 5.74) is 2.13. The molecule has 16 heavy (non-hydrogen) atoms. The number of aromatic nitrogens is 1. The topological polar surface area (TPSA) is 31.2 Å². The molecular weight excluding hydrogens is 202 g/mol.